The van der Waals surface area contributed by atoms with E-state index in [0.717, 1.165) is 32.1 Å². The molecule has 11 nitrogen and oxygen atoms in total. The van der Waals surface area contributed by atoms with E-state index in [1.165, 1.54) is 12.1 Å². The van der Waals surface area contributed by atoms with Crippen LogP contribution < -0.4 is 15.2 Å². The molecule has 0 aromatic heterocycles. The van der Waals surface area contributed by atoms with Gasteiger partial charge in [-0.25, -0.2) is 9.59 Å². The second-order valence-electron chi connectivity index (χ2n) is 13.6. The van der Waals surface area contributed by atoms with Crippen molar-refractivity contribution < 1.29 is 47.6 Å². The quantitative estimate of drug-likeness (QED) is 0.176. The van der Waals surface area contributed by atoms with Crippen molar-refractivity contribution in [3.05, 3.63) is 23.8 Å². The van der Waals surface area contributed by atoms with Gasteiger partial charge in [0.15, 0.2) is 11.5 Å². The summed E-state index contributed by atoms with van der Waals surface area (Å²) >= 11 is 0. The van der Waals surface area contributed by atoms with Crippen LogP contribution in [-0.2, 0) is 35.0 Å². The van der Waals surface area contributed by atoms with E-state index in [1.807, 2.05) is 41.5 Å². The van der Waals surface area contributed by atoms with Gasteiger partial charge < -0.3 is 34.2 Å². The fraction of sp³-hybridized carbons (Fsp3) is 0.688. The zero-order valence-corrected chi connectivity index (χ0v) is 26.9. The Balaban J connectivity index is 2.06. The van der Waals surface area contributed by atoms with Gasteiger partial charge in [-0.2, -0.15) is 0 Å². The highest BCUT2D eigenvalue weighted by atomic mass is 16.7. The fourth-order valence-corrected chi connectivity index (χ4v) is 4.05. The minimum Gasteiger partial charge on any atom is -0.459 e. The molecule has 1 unspecified atom stereocenters. The Morgan fingerprint density at radius 2 is 1.30 bits per heavy atom. The molecule has 242 valence electrons. The van der Waals surface area contributed by atoms with Gasteiger partial charge in [0.25, 0.3) is 0 Å². The minimum atomic E-state index is -1.08. The number of carbonyl (C=O) groups excluding carboxylic acids is 4. The molecule has 1 aromatic carbocycles. The molecule has 2 rings (SSSR count). The third-order valence-corrected chi connectivity index (χ3v) is 6.60. The Morgan fingerprint density at radius 3 is 1.84 bits per heavy atom. The average Bonchev–Trinajstić information content (AvgIpc) is 2.91. The lowest BCUT2D eigenvalue weighted by Gasteiger charge is -2.26. The standard InChI is InChI=1S/C32H49NO10/c1-20(40-27(34)23-12-10-9-11-13-23)21(2)41-28(35)24(33)16-22-14-15-25(42-29(36)38-18-31(3,4)5)26(17-22)43-30(37)39-19-32(6,7)8/h14-15,17,20-21,23-24H,9-13,16,18-19,33H2,1-8H3/t20?,21-,24-/m0/s1. The first-order valence-corrected chi connectivity index (χ1v) is 14.9. The van der Waals surface area contributed by atoms with Crippen LogP contribution in [0.25, 0.3) is 0 Å². The molecule has 1 aromatic rings. The van der Waals surface area contributed by atoms with E-state index in [1.54, 1.807) is 19.9 Å². The molecule has 3 atom stereocenters. The topological polar surface area (TPSA) is 150 Å². The van der Waals surface area contributed by atoms with E-state index in [2.05, 4.69) is 0 Å². The number of rotatable bonds is 11. The predicted octanol–water partition coefficient (Wildman–Crippen LogP) is 6.12. The van der Waals surface area contributed by atoms with Crippen molar-refractivity contribution in [2.75, 3.05) is 13.2 Å². The molecular formula is C32H49NO10. The fourth-order valence-electron chi connectivity index (χ4n) is 4.05. The number of esters is 2. The molecule has 2 N–H and O–H groups in total. The van der Waals surface area contributed by atoms with E-state index in [-0.39, 0.29) is 53.9 Å². The Kier molecular flexibility index (Phi) is 13.3. The maximum absolute atomic E-state index is 12.8. The monoisotopic (exact) mass is 607 g/mol. The van der Waals surface area contributed by atoms with Crippen molar-refractivity contribution in [3.8, 4) is 11.5 Å². The first-order chi connectivity index (χ1) is 19.9. The van der Waals surface area contributed by atoms with Gasteiger partial charge in [0.2, 0.25) is 0 Å². The number of hydrogen-bond acceptors (Lipinski definition) is 11. The highest BCUT2D eigenvalue weighted by molar-refractivity contribution is 5.76. The minimum absolute atomic E-state index is 0.0178. The van der Waals surface area contributed by atoms with Gasteiger partial charge in [-0.15, -0.1) is 0 Å². The van der Waals surface area contributed by atoms with E-state index in [9.17, 15) is 19.2 Å². The SMILES string of the molecule is CC(OC(=O)C1CCCCC1)[C@H](C)OC(=O)[C@@H](N)Cc1ccc(OC(=O)OCC(C)(C)C)c(OC(=O)OCC(C)(C)C)c1. The third-order valence-electron chi connectivity index (χ3n) is 6.60. The Hall–Kier alpha value is -3.34. The molecular weight excluding hydrogens is 558 g/mol. The molecule has 11 heteroatoms. The lowest BCUT2D eigenvalue weighted by atomic mass is 9.89. The first-order valence-electron chi connectivity index (χ1n) is 14.9. The van der Waals surface area contributed by atoms with Crippen molar-refractivity contribution in [2.24, 2.45) is 22.5 Å². The molecule has 1 aliphatic carbocycles. The Labute approximate surface area is 255 Å². The van der Waals surface area contributed by atoms with Crippen molar-refractivity contribution in [3.63, 3.8) is 0 Å². The average molecular weight is 608 g/mol. The third kappa shape index (κ3) is 13.7. The van der Waals surface area contributed by atoms with Crippen LogP contribution in [0.1, 0.15) is 93.1 Å². The summed E-state index contributed by atoms with van der Waals surface area (Å²) in [5.74, 6) is -1.25. The maximum Gasteiger partial charge on any atom is 0.513 e. The van der Waals surface area contributed by atoms with Crippen LogP contribution in [0.5, 0.6) is 11.5 Å². The van der Waals surface area contributed by atoms with Crippen LogP contribution in [0.2, 0.25) is 0 Å². The molecule has 1 saturated carbocycles. The summed E-state index contributed by atoms with van der Waals surface area (Å²) in [6, 6.07) is 3.33. The van der Waals surface area contributed by atoms with Crippen molar-refractivity contribution >= 4 is 24.2 Å². The first kappa shape index (κ1) is 35.9. The lowest BCUT2D eigenvalue weighted by Crippen LogP contribution is -2.40. The van der Waals surface area contributed by atoms with Crippen LogP contribution in [0, 0.1) is 16.7 Å². The zero-order chi connectivity index (χ0) is 32.4. The Bertz CT molecular complexity index is 1100. The molecule has 0 heterocycles. The number of nitrogens with two attached hydrogens (primary N) is 1. The second-order valence-corrected chi connectivity index (χ2v) is 13.6. The number of benzene rings is 1. The number of carbonyl (C=O) groups is 4. The summed E-state index contributed by atoms with van der Waals surface area (Å²) in [4.78, 5) is 50.0. The summed E-state index contributed by atoms with van der Waals surface area (Å²) in [5.41, 5.74) is 6.06. The summed E-state index contributed by atoms with van der Waals surface area (Å²) in [7, 11) is 0. The van der Waals surface area contributed by atoms with Gasteiger partial charge in [0.1, 0.15) is 18.2 Å². The summed E-state index contributed by atoms with van der Waals surface area (Å²) < 4.78 is 32.0. The number of ether oxygens (including phenoxy) is 6. The normalized spacial score (nSPS) is 16.3. The van der Waals surface area contributed by atoms with Crippen LogP contribution in [-0.4, -0.2) is 55.7 Å². The van der Waals surface area contributed by atoms with Crippen LogP contribution in [0.4, 0.5) is 9.59 Å². The van der Waals surface area contributed by atoms with Crippen LogP contribution in [0.3, 0.4) is 0 Å². The van der Waals surface area contributed by atoms with Gasteiger partial charge in [-0.3, -0.25) is 9.59 Å². The van der Waals surface area contributed by atoms with Gasteiger partial charge in [-0.05, 0) is 61.6 Å². The maximum atomic E-state index is 12.8. The van der Waals surface area contributed by atoms with Crippen molar-refractivity contribution in [1.29, 1.82) is 0 Å². The molecule has 43 heavy (non-hydrogen) atoms. The molecule has 0 radical (unpaired) electrons. The molecule has 0 amide bonds. The van der Waals surface area contributed by atoms with Gasteiger partial charge in [0.05, 0.1) is 19.1 Å². The molecule has 0 saturated heterocycles. The molecule has 0 bridgehead atoms. The van der Waals surface area contributed by atoms with E-state index in [0.29, 0.717) is 5.56 Å². The highest BCUT2D eigenvalue weighted by Crippen LogP contribution is 2.31. The van der Waals surface area contributed by atoms with E-state index >= 15 is 0 Å². The van der Waals surface area contributed by atoms with Crippen LogP contribution in [0.15, 0.2) is 18.2 Å². The lowest BCUT2D eigenvalue weighted by molar-refractivity contribution is -0.169. The molecule has 0 spiro atoms. The highest BCUT2D eigenvalue weighted by Gasteiger charge is 2.29. The summed E-state index contributed by atoms with van der Waals surface area (Å²) in [6.07, 6.45) is 1.47. The van der Waals surface area contributed by atoms with Gasteiger partial charge in [-0.1, -0.05) is 66.9 Å². The Morgan fingerprint density at radius 1 is 0.791 bits per heavy atom. The molecule has 0 aliphatic heterocycles. The van der Waals surface area contributed by atoms with Crippen LogP contribution >= 0.6 is 0 Å². The second kappa shape index (κ2) is 15.9. The smallest absolute Gasteiger partial charge is 0.459 e. The van der Waals surface area contributed by atoms with Crippen molar-refractivity contribution in [2.45, 2.75) is 112 Å². The molecule has 1 aliphatic rings. The largest absolute Gasteiger partial charge is 0.513 e. The van der Waals surface area contributed by atoms with Gasteiger partial charge in [0, 0.05) is 0 Å². The predicted molar refractivity (Wildman–Crippen MR) is 159 cm³/mol. The van der Waals surface area contributed by atoms with Gasteiger partial charge >= 0.3 is 24.2 Å². The number of hydrogen-bond donors (Lipinski definition) is 1. The summed E-state index contributed by atoms with van der Waals surface area (Å²) in [5, 5.41) is 0. The van der Waals surface area contributed by atoms with E-state index < -0.39 is 36.5 Å². The summed E-state index contributed by atoms with van der Waals surface area (Å²) in [6.45, 7) is 14.9. The van der Waals surface area contributed by atoms with E-state index in [4.69, 9.17) is 34.2 Å². The molecule has 1 fully saturated rings. The zero-order valence-electron chi connectivity index (χ0n) is 26.9. The van der Waals surface area contributed by atoms with Crippen molar-refractivity contribution in [1.82, 2.24) is 0 Å².